The molecule has 2 aromatic rings. The number of carbonyl (C=O) groups excluding carboxylic acids is 2. The third kappa shape index (κ3) is 5.03. The highest BCUT2D eigenvalue weighted by molar-refractivity contribution is 5.85. The molecule has 5 heteroatoms. The van der Waals surface area contributed by atoms with Crippen molar-refractivity contribution in [2.45, 2.75) is 65.3 Å². The zero-order valence-electron chi connectivity index (χ0n) is 17.8. The van der Waals surface area contributed by atoms with E-state index in [-0.39, 0.29) is 17.7 Å². The third-order valence-electron chi connectivity index (χ3n) is 5.33. The molecule has 0 fully saturated rings. The van der Waals surface area contributed by atoms with Crippen LogP contribution in [0.5, 0.6) is 0 Å². The lowest BCUT2D eigenvalue weighted by molar-refractivity contribution is -0.145. The first kappa shape index (κ1) is 21.7. The van der Waals surface area contributed by atoms with E-state index in [0.717, 1.165) is 23.4 Å². The third-order valence-corrected chi connectivity index (χ3v) is 5.33. The van der Waals surface area contributed by atoms with Crippen LogP contribution >= 0.6 is 0 Å². The Labute approximate surface area is 167 Å². The summed E-state index contributed by atoms with van der Waals surface area (Å²) in [4.78, 5) is 28.4. The van der Waals surface area contributed by atoms with E-state index in [0.29, 0.717) is 6.42 Å². The van der Waals surface area contributed by atoms with Crippen molar-refractivity contribution in [2.24, 2.45) is 0 Å². The molecule has 0 bridgehead atoms. The number of rotatable bonds is 8. The highest BCUT2D eigenvalue weighted by atomic mass is 16.5. The number of aromatic amines is 1. The van der Waals surface area contributed by atoms with E-state index in [9.17, 15) is 9.59 Å². The van der Waals surface area contributed by atoms with Crippen molar-refractivity contribution in [3.8, 4) is 0 Å². The molecular weight excluding hydrogens is 352 g/mol. The molecule has 0 unspecified atom stereocenters. The SMILES string of the molecule is CCc1c(C)[nH]c(C(C)(C)CC(=O)N[C@@H](Cc2ccccc2)C(=O)OC)c1C. The molecule has 1 heterocycles. The number of benzene rings is 1. The average Bonchev–Trinajstić information content (AvgIpc) is 2.95. The maximum atomic E-state index is 12.8. The monoisotopic (exact) mass is 384 g/mol. The van der Waals surface area contributed by atoms with Gasteiger partial charge in [0.05, 0.1) is 7.11 Å². The molecule has 2 rings (SSSR count). The Hall–Kier alpha value is -2.56. The molecule has 0 aliphatic carbocycles. The molecule has 1 atom stereocenters. The van der Waals surface area contributed by atoms with Crippen molar-refractivity contribution in [1.82, 2.24) is 10.3 Å². The molecule has 152 valence electrons. The van der Waals surface area contributed by atoms with Crippen molar-refractivity contribution in [3.63, 3.8) is 0 Å². The molecule has 0 spiro atoms. The Balaban J connectivity index is 2.14. The maximum absolute atomic E-state index is 12.8. The summed E-state index contributed by atoms with van der Waals surface area (Å²) in [6.45, 7) is 10.4. The average molecular weight is 385 g/mol. The number of H-pyrrole nitrogens is 1. The number of methoxy groups -OCH3 is 1. The topological polar surface area (TPSA) is 71.2 Å². The summed E-state index contributed by atoms with van der Waals surface area (Å²) in [5, 5.41) is 2.87. The molecule has 0 saturated carbocycles. The molecule has 1 aromatic heterocycles. The number of esters is 1. The Morgan fingerprint density at radius 1 is 1.18 bits per heavy atom. The molecule has 1 aromatic carbocycles. The van der Waals surface area contributed by atoms with Gasteiger partial charge in [-0.15, -0.1) is 0 Å². The van der Waals surface area contributed by atoms with Crippen LogP contribution in [0.3, 0.4) is 0 Å². The predicted molar refractivity (Wildman–Crippen MR) is 111 cm³/mol. The normalized spacial score (nSPS) is 12.5. The fourth-order valence-corrected chi connectivity index (χ4v) is 3.92. The number of hydrogen-bond acceptors (Lipinski definition) is 3. The number of aromatic nitrogens is 1. The quantitative estimate of drug-likeness (QED) is 0.681. The van der Waals surface area contributed by atoms with Gasteiger partial charge < -0.3 is 15.0 Å². The number of carbonyl (C=O) groups is 2. The summed E-state index contributed by atoms with van der Waals surface area (Å²) < 4.78 is 4.89. The second kappa shape index (κ2) is 9.09. The fourth-order valence-electron chi connectivity index (χ4n) is 3.92. The number of aryl methyl sites for hydroxylation is 1. The van der Waals surface area contributed by atoms with E-state index >= 15 is 0 Å². The number of nitrogens with one attached hydrogen (secondary N) is 2. The first-order valence-corrected chi connectivity index (χ1v) is 9.79. The van der Waals surface area contributed by atoms with Crippen molar-refractivity contribution >= 4 is 11.9 Å². The predicted octanol–water partition coefficient (Wildman–Crippen LogP) is 3.76. The first-order valence-electron chi connectivity index (χ1n) is 9.79. The van der Waals surface area contributed by atoms with Gasteiger partial charge in [-0.3, -0.25) is 4.79 Å². The van der Waals surface area contributed by atoms with E-state index in [1.54, 1.807) is 0 Å². The van der Waals surface area contributed by atoms with Crippen LogP contribution in [0.15, 0.2) is 30.3 Å². The van der Waals surface area contributed by atoms with Crippen LogP contribution in [0, 0.1) is 13.8 Å². The van der Waals surface area contributed by atoms with Crippen LogP contribution < -0.4 is 5.32 Å². The lowest BCUT2D eigenvalue weighted by Gasteiger charge is -2.26. The fraction of sp³-hybridized carbons (Fsp3) is 0.478. The number of amides is 1. The van der Waals surface area contributed by atoms with Crippen LogP contribution in [0.2, 0.25) is 0 Å². The zero-order valence-corrected chi connectivity index (χ0v) is 17.8. The van der Waals surface area contributed by atoms with E-state index in [1.807, 2.05) is 30.3 Å². The van der Waals surface area contributed by atoms with Gasteiger partial charge in [0, 0.05) is 29.6 Å². The zero-order chi connectivity index (χ0) is 20.9. The van der Waals surface area contributed by atoms with E-state index < -0.39 is 12.0 Å². The smallest absolute Gasteiger partial charge is 0.328 e. The second-order valence-electron chi connectivity index (χ2n) is 7.98. The van der Waals surface area contributed by atoms with Gasteiger partial charge in [-0.25, -0.2) is 4.79 Å². The molecule has 5 nitrogen and oxygen atoms in total. The molecule has 0 radical (unpaired) electrons. The molecule has 0 aliphatic rings. The Morgan fingerprint density at radius 3 is 2.36 bits per heavy atom. The van der Waals surface area contributed by atoms with Crippen molar-refractivity contribution in [2.75, 3.05) is 7.11 Å². The molecular formula is C23H32N2O3. The summed E-state index contributed by atoms with van der Waals surface area (Å²) in [5.74, 6) is -0.601. The van der Waals surface area contributed by atoms with Crippen LogP contribution in [-0.2, 0) is 32.6 Å². The maximum Gasteiger partial charge on any atom is 0.328 e. The molecule has 2 N–H and O–H groups in total. The Morgan fingerprint density at radius 2 is 1.82 bits per heavy atom. The highest BCUT2D eigenvalue weighted by Crippen LogP contribution is 2.32. The van der Waals surface area contributed by atoms with Gasteiger partial charge in [-0.05, 0) is 37.0 Å². The molecule has 28 heavy (non-hydrogen) atoms. The summed E-state index contributed by atoms with van der Waals surface area (Å²) in [6.07, 6.45) is 1.64. The van der Waals surface area contributed by atoms with Gasteiger partial charge in [-0.1, -0.05) is 51.1 Å². The highest BCUT2D eigenvalue weighted by Gasteiger charge is 2.31. The Bertz CT molecular complexity index is 822. The Kier molecular flexibility index (Phi) is 7.05. The first-order chi connectivity index (χ1) is 13.2. The summed E-state index contributed by atoms with van der Waals surface area (Å²) in [6, 6.07) is 8.91. The van der Waals surface area contributed by atoms with Crippen molar-refractivity contribution < 1.29 is 14.3 Å². The van der Waals surface area contributed by atoms with Gasteiger partial charge in [0.25, 0.3) is 0 Å². The minimum absolute atomic E-state index is 0.166. The molecule has 0 saturated heterocycles. The molecule has 0 aliphatic heterocycles. The van der Waals surface area contributed by atoms with Crippen LogP contribution in [0.1, 0.15) is 55.3 Å². The number of hydrogen-bond donors (Lipinski definition) is 2. The van der Waals surface area contributed by atoms with Crippen LogP contribution in [0.4, 0.5) is 0 Å². The van der Waals surface area contributed by atoms with Gasteiger partial charge >= 0.3 is 5.97 Å². The lowest BCUT2D eigenvalue weighted by Crippen LogP contribution is -2.44. The largest absolute Gasteiger partial charge is 0.467 e. The minimum Gasteiger partial charge on any atom is -0.467 e. The summed E-state index contributed by atoms with van der Waals surface area (Å²) >= 11 is 0. The van der Waals surface area contributed by atoms with Crippen molar-refractivity contribution in [1.29, 1.82) is 0 Å². The van der Waals surface area contributed by atoms with Crippen LogP contribution in [0.25, 0.3) is 0 Å². The van der Waals surface area contributed by atoms with Gasteiger partial charge in [-0.2, -0.15) is 0 Å². The summed E-state index contributed by atoms with van der Waals surface area (Å²) in [7, 11) is 1.34. The van der Waals surface area contributed by atoms with Crippen LogP contribution in [-0.4, -0.2) is 30.0 Å². The standard InChI is InChI=1S/C23H32N2O3/c1-7-18-15(2)21(24-16(18)3)23(4,5)14-20(26)25-19(22(27)28-6)13-17-11-9-8-10-12-17/h8-12,19,24H,7,13-14H2,1-6H3,(H,25,26)/t19-/m0/s1. The van der Waals surface area contributed by atoms with Gasteiger partial charge in [0.15, 0.2) is 0 Å². The van der Waals surface area contributed by atoms with E-state index in [1.165, 1.54) is 18.2 Å². The summed E-state index contributed by atoms with van der Waals surface area (Å²) in [5.41, 5.74) is 5.35. The molecule has 1 amide bonds. The van der Waals surface area contributed by atoms with E-state index in [4.69, 9.17) is 4.74 Å². The minimum atomic E-state index is -0.701. The van der Waals surface area contributed by atoms with Crippen molar-refractivity contribution in [3.05, 3.63) is 58.4 Å². The van der Waals surface area contributed by atoms with Gasteiger partial charge in [0.1, 0.15) is 6.04 Å². The second-order valence-corrected chi connectivity index (χ2v) is 7.98. The van der Waals surface area contributed by atoms with E-state index in [2.05, 4.69) is 44.9 Å². The number of ether oxygens (including phenoxy) is 1. The van der Waals surface area contributed by atoms with Gasteiger partial charge in [0.2, 0.25) is 5.91 Å². The lowest BCUT2D eigenvalue weighted by atomic mass is 9.82.